The topological polar surface area (TPSA) is 88.0 Å². The zero-order chi connectivity index (χ0) is 27.5. The fourth-order valence-electron chi connectivity index (χ4n) is 6.17. The summed E-state index contributed by atoms with van der Waals surface area (Å²) in [6.07, 6.45) is 13.0. The first kappa shape index (κ1) is 23.4. The molecule has 2 heterocycles. The second kappa shape index (κ2) is 9.58. The lowest BCUT2D eigenvalue weighted by atomic mass is 9.85. The number of hydrogen-bond donors (Lipinski definition) is 4. The molecule has 4 N–H and O–H groups in total. The van der Waals surface area contributed by atoms with E-state index in [2.05, 4.69) is 32.6 Å². The van der Waals surface area contributed by atoms with Gasteiger partial charge in [-0.2, -0.15) is 5.26 Å². The summed E-state index contributed by atoms with van der Waals surface area (Å²) in [5, 5.41) is 20.1. The third-order valence-electron chi connectivity index (χ3n) is 8.60. The van der Waals surface area contributed by atoms with E-state index in [-0.39, 0.29) is 5.82 Å². The molecule has 1 unspecified atom stereocenters. The molecule has 39 heavy (non-hydrogen) atoms. The van der Waals surface area contributed by atoms with E-state index in [1.54, 1.807) is 24.4 Å². The number of pyridine rings is 1. The Kier molecular flexibility index (Phi) is 5.74. The van der Waals surface area contributed by atoms with Gasteiger partial charge < -0.3 is 16.1 Å². The minimum Gasteiger partial charge on any atom is -0.380 e. The van der Waals surface area contributed by atoms with Crippen molar-refractivity contribution in [1.82, 2.24) is 21.0 Å². The van der Waals surface area contributed by atoms with Crippen LogP contribution in [-0.4, -0.2) is 22.1 Å². The normalized spacial score (nSPS) is 23.4. The Morgan fingerprint density at radius 3 is 2.74 bits per heavy atom. The molecule has 0 radical (unpaired) electrons. The van der Waals surface area contributed by atoms with E-state index in [4.69, 9.17) is 11.6 Å². The second-order valence-corrected chi connectivity index (χ2v) is 11.7. The van der Waals surface area contributed by atoms with E-state index in [1.807, 2.05) is 17.3 Å². The summed E-state index contributed by atoms with van der Waals surface area (Å²) in [5.74, 6) is -0.368. The van der Waals surface area contributed by atoms with Gasteiger partial charge in [-0.3, -0.25) is 9.99 Å². The summed E-state index contributed by atoms with van der Waals surface area (Å²) in [6.45, 7) is 0. The van der Waals surface area contributed by atoms with Crippen molar-refractivity contribution in [1.29, 1.82) is 5.26 Å². The van der Waals surface area contributed by atoms with Gasteiger partial charge in [0.25, 0.3) is 0 Å². The minimum absolute atomic E-state index is 0.320. The van der Waals surface area contributed by atoms with Gasteiger partial charge in [0.05, 0.1) is 34.9 Å². The number of nitrogens with zero attached hydrogens (tertiary/aromatic N) is 3. The van der Waals surface area contributed by atoms with Crippen molar-refractivity contribution >= 4 is 33.9 Å². The number of hydrazine groups is 2. The molecule has 7 nitrogen and oxygen atoms in total. The van der Waals surface area contributed by atoms with Crippen LogP contribution < -0.4 is 21.6 Å². The molecular formula is C30H31ClFN7. The Morgan fingerprint density at radius 1 is 1.21 bits per heavy atom. The lowest BCUT2D eigenvalue weighted by molar-refractivity contribution is 0.260. The molecule has 3 aliphatic carbocycles. The van der Waals surface area contributed by atoms with Crippen molar-refractivity contribution in [3.8, 4) is 6.07 Å². The zero-order valence-corrected chi connectivity index (χ0v) is 22.3. The minimum atomic E-state index is -1.49. The van der Waals surface area contributed by atoms with Crippen LogP contribution in [0.15, 0.2) is 54.5 Å². The maximum Gasteiger partial charge on any atom is 0.123 e. The number of aromatic nitrogens is 1. The van der Waals surface area contributed by atoms with Crippen LogP contribution in [0.25, 0.3) is 10.9 Å². The predicted octanol–water partition coefficient (Wildman–Crippen LogP) is 6.52. The first-order chi connectivity index (χ1) is 19.4. The largest absolute Gasteiger partial charge is 0.380 e. The van der Waals surface area contributed by atoms with Crippen molar-refractivity contribution < 1.29 is 5.76 Å². The van der Waals surface area contributed by atoms with Crippen molar-refractivity contribution in [3.63, 3.8) is 0 Å². The number of hydrogen-bond acceptors (Lipinski definition) is 7. The number of nitrogens with one attached hydrogen (secondary N) is 4. The van der Waals surface area contributed by atoms with Gasteiger partial charge in [0, 0.05) is 35.6 Å². The molecule has 1 spiro atoms. The van der Waals surface area contributed by atoms with Gasteiger partial charge in [0.15, 0.2) is 0 Å². The number of rotatable bonds is 7. The highest BCUT2D eigenvalue weighted by atomic mass is 35.5. The average Bonchev–Trinajstić information content (AvgIpc) is 3.86. The van der Waals surface area contributed by atoms with Crippen LogP contribution >= 0.6 is 11.6 Å². The molecule has 1 aliphatic heterocycles. The van der Waals surface area contributed by atoms with Crippen molar-refractivity contribution in [2.45, 2.75) is 69.5 Å². The highest BCUT2D eigenvalue weighted by Gasteiger charge is 2.54. The predicted molar refractivity (Wildman–Crippen MR) is 151 cm³/mol. The number of halogens is 2. The van der Waals surface area contributed by atoms with Crippen LogP contribution in [0.2, 0.25) is 5.02 Å². The van der Waals surface area contributed by atoms with Crippen molar-refractivity contribution in [2.75, 3.05) is 10.6 Å². The fraction of sp³-hybridized carbons (Fsp3) is 0.400. The van der Waals surface area contributed by atoms with Crippen molar-refractivity contribution in [3.05, 3.63) is 76.5 Å². The third-order valence-corrected chi connectivity index (χ3v) is 8.89. The molecule has 0 amide bonds. The molecule has 0 bridgehead atoms. The van der Waals surface area contributed by atoms with Crippen LogP contribution in [0, 0.1) is 22.6 Å². The highest BCUT2D eigenvalue weighted by molar-refractivity contribution is 6.35. The summed E-state index contributed by atoms with van der Waals surface area (Å²) in [4.78, 5) is 4.51. The maximum absolute atomic E-state index is 13.8. The summed E-state index contributed by atoms with van der Waals surface area (Å²) >= 11 is 6.78. The van der Waals surface area contributed by atoms with Crippen LogP contribution in [0.3, 0.4) is 0 Å². The Hall–Kier alpha value is -3.54. The van der Waals surface area contributed by atoms with Crippen LogP contribution in [0.4, 0.5) is 15.8 Å². The van der Waals surface area contributed by atoms with E-state index in [1.165, 1.54) is 44.2 Å². The Labute approximate surface area is 233 Å². The van der Waals surface area contributed by atoms with E-state index >= 15 is 0 Å². The SMILES string of the molecule is [2H][C@](Nc1cc(Cl)c2ncc(C#N)c(NC3CC34CCCCC4)c2c1)(C1=CN(C2CC2)NN1)c1ccc(F)cc1. The summed E-state index contributed by atoms with van der Waals surface area (Å²) in [5.41, 5.74) is 10.1. The molecular weight excluding hydrogens is 513 g/mol. The van der Waals surface area contributed by atoms with Crippen LogP contribution in [0.5, 0.6) is 0 Å². The summed E-state index contributed by atoms with van der Waals surface area (Å²) in [7, 11) is 0. The lowest BCUT2D eigenvalue weighted by Gasteiger charge is -2.24. The van der Waals surface area contributed by atoms with Crippen LogP contribution in [-0.2, 0) is 0 Å². The van der Waals surface area contributed by atoms with E-state index in [0.717, 1.165) is 30.3 Å². The number of nitriles is 1. The molecule has 3 aromatic rings. The molecule has 3 saturated carbocycles. The molecule has 2 atom stereocenters. The monoisotopic (exact) mass is 544 g/mol. The third kappa shape index (κ3) is 4.64. The van der Waals surface area contributed by atoms with E-state index in [0.29, 0.717) is 50.5 Å². The first-order valence-corrected chi connectivity index (χ1v) is 14.1. The van der Waals surface area contributed by atoms with E-state index < -0.39 is 6.02 Å². The smallest absolute Gasteiger partial charge is 0.123 e. The zero-order valence-electron chi connectivity index (χ0n) is 22.5. The fourth-order valence-corrected chi connectivity index (χ4v) is 6.44. The van der Waals surface area contributed by atoms with Gasteiger partial charge in [-0.25, -0.2) is 4.39 Å². The molecule has 4 aliphatic rings. The lowest BCUT2D eigenvalue weighted by Crippen LogP contribution is -2.38. The number of anilines is 2. The molecule has 1 aromatic heterocycles. The molecule has 7 rings (SSSR count). The summed E-state index contributed by atoms with van der Waals surface area (Å²) in [6, 6.07) is 11.1. The molecule has 3 fully saturated rings. The number of fused-ring (bicyclic) bond motifs is 1. The Morgan fingerprint density at radius 2 is 2.00 bits per heavy atom. The van der Waals surface area contributed by atoms with Gasteiger partial charge >= 0.3 is 0 Å². The van der Waals surface area contributed by atoms with Gasteiger partial charge in [-0.15, -0.1) is 5.53 Å². The standard InChI is InChI=1S/C30H31ClFN7/c31-24-13-21(35-28(18-4-6-20(32)7-5-18)25-17-39(38-37-25)22-8-9-22)12-23-27(19(15-33)16-34-29(23)24)36-26-14-30(26)10-2-1-3-11-30/h4-7,12-13,16-17,22,26,28,35,37-38H,1-3,8-11,14H2,(H,34,36)/t26?,28-/m1/s1/i28D. The summed E-state index contributed by atoms with van der Waals surface area (Å²) < 4.78 is 23.5. The average molecular weight is 545 g/mol. The quantitative estimate of drug-likeness (QED) is 0.269. The van der Waals surface area contributed by atoms with Gasteiger partial charge in [0.1, 0.15) is 11.9 Å². The highest BCUT2D eigenvalue weighted by Crippen LogP contribution is 2.58. The molecule has 2 aromatic carbocycles. The Bertz CT molecular complexity index is 1540. The maximum atomic E-state index is 13.8. The van der Waals surface area contributed by atoms with E-state index in [9.17, 15) is 11.0 Å². The van der Waals surface area contributed by atoms with Gasteiger partial charge in [0.2, 0.25) is 0 Å². The molecule has 9 heteroatoms. The number of benzene rings is 2. The van der Waals surface area contributed by atoms with Gasteiger partial charge in [-0.1, -0.05) is 43.0 Å². The second-order valence-electron chi connectivity index (χ2n) is 11.3. The molecule has 200 valence electrons. The van der Waals surface area contributed by atoms with Crippen molar-refractivity contribution in [2.24, 2.45) is 5.41 Å². The van der Waals surface area contributed by atoms with Gasteiger partial charge in [-0.05, 0) is 67.3 Å². The molecule has 0 saturated heterocycles. The van der Waals surface area contributed by atoms with Crippen LogP contribution in [0.1, 0.15) is 69.9 Å². The first-order valence-electron chi connectivity index (χ1n) is 14.2. The Balaban J connectivity index is 1.28.